The van der Waals surface area contributed by atoms with Crippen LogP contribution in [0, 0.1) is 0 Å². The SMILES string of the molecule is CN1CCN([C@H]2CC[C@H](n3nc(-c4ccc(NC(=O)Nc5cc(C(C)(C)C)on5)cc4)c4c(N)ncnc43)CC2)CC1. The maximum Gasteiger partial charge on any atom is 0.324 e. The van der Waals surface area contributed by atoms with Crippen LogP contribution >= 0.6 is 0 Å². The van der Waals surface area contributed by atoms with Gasteiger partial charge in [-0.3, -0.25) is 10.2 Å². The molecule has 0 spiro atoms. The van der Waals surface area contributed by atoms with Crippen LogP contribution in [0.2, 0.25) is 0 Å². The molecule has 0 unspecified atom stereocenters. The highest BCUT2D eigenvalue weighted by atomic mass is 16.5. The number of nitrogens with zero attached hydrogens (tertiary/aromatic N) is 7. The summed E-state index contributed by atoms with van der Waals surface area (Å²) in [6.07, 6.45) is 5.93. The minimum Gasteiger partial charge on any atom is -0.383 e. The zero-order valence-corrected chi connectivity index (χ0v) is 24.8. The second kappa shape index (κ2) is 11.3. The van der Waals surface area contributed by atoms with Crippen LogP contribution in [0.25, 0.3) is 22.3 Å². The summed E-state index contributed by atoms with van der Waals surface area (Å²) < 4.78 is 7.41. The van der Waals surface area contributed by atoms with Crippen LogP contribution in [-0.4, -0.2) is 80.0 Å². The predicted octanol–water partition coefficient (Wildman–Crippen LogP) is 4.74. The Bertz CT molecular complexity index is 1540. The maximum absolute atomic E-state index is 12.6. The van der Waals surface area contributed by atoms with Crippen LogP contribution in [0.4, 0.5) is 22.1 Å². The highest BCUT2D eigenvalue weighted by molar-refractivity contribution is 6.00. The summed E-state index contributed by atoms with van der Waals surface area (Å²) >= 11 is 0. The molecule has 0 bridgehead atoms. The number of urea groups is 1. The predicted molar refractivity (Wildman–Crippen MR) is 163 cm³/mol. The molecule has 2 aliphatic rings. The topological polar surface area (TPSA) is 143 Å². The Hall–Kier alpha value is -4.03. The fraction of sp³-hybridized carbons (Fsp3) is 0.500. The van der Waals surface area contributed by atoms with Crippen molar-refractivity contribution in [3.63, 3.8) is 0 Å². The molecule has 1 saturated carbocycles. The number of benzene rings is 1. The van der Waals surface area contributed by atoms with E-state index in [-0.39, 0.29) is 11.5 Å². The van der Waals surface area contributed by atoms with E-state index >= 15 is 0 Å². The van der Waals surface area contributed by atoms with Gasteiger partial charge in [0.05, 0.1) is 11.4 Å². The third-order valence-corrected chi connectivity index (χ3v) is 8.49. The lowest BCUT2D eigenvalue weighted by Crippen LogP contribution is -2.49. The molecule has 4 aromatic rings. The molecule has 0 atom stereocenters. The molecule has 1 saturated heterocycles. The summed E-state index contributed by atoms with van der Waals surface area (Å²) in [5.74, 6) is 1.47. The monoisotopic (exact) mass is 572 g/mol. The van der Waals surface area contributed by atoms with Crippen molar-refractivity contribution >= 4 is 34.4 Å². The highest BCUT2D eigenvalue weighted by Crippen LogP contribution is 2.37. The van der Waals surface area contributed by atoms with Crippen LogP contribution < -0.4 is 16.4 Å². The first kappa shape index (κ1) is 28.1. The second-order valence-electron chi connectivity index (χ2n) is 12.5. The van der Waals surface area contributed by atoms with Crippen molar-refractivity contribution in [3.8, 4) is 11.3 Å². The van der Waals surface area contributed by atoms with Crippen LogP contribution in [0.15, 0.2) is 41.2 Å². The molecule has 42 heavy (non-hydrogen) atoms. The lowest BCUT2D eigenvalue weighted by molar-refractivity contribution is 0.0815. The first-order valence-corrected chi connectivity index (χ1v) is 14.7. The quantitative estimate of drug-likeness (QED) is 0.309. The molecule has 6 rings (SSSR count). The van der Waals surface area contributed by atoms with Crippen molar-refractivity contribution in [3.05, 3.63) is 42.4 Å². The number of rotatable bonds is 5. The average Bonchev–Trinajstić information content (AvgIpc) is 3.60. The van der Waals surface area contributed by atoms with Crippen molar-refractivity contribution in [1.29, 1.82) is 0 Å². The van der Waals surface area contributed by atoms with Gasteiger partial charge in [-0.1, -0.05) is 38.1 Å². The number of nitrogens with one attached hydrogen (secondary N) is 2. The molecule has 12 nitrogen and oxygen atoms in total. The normalized spacial score (nSPS) is 20.6. The number of likely N-dealkylation sites (N-methyl/N-ethyl adjacent to an activating group) is 1. The van der Waals surface area contributed by atoms with Crippen LogP contribution in [0.1, 0.15) is 58.3 Å². The molecular formula is C30H40N10O2. The summed E-state index contributed by atoms with van der Waals surface area (Å²) in [4.78, 5) is 26.5. The van der Waals surface area contributed by atoms with E-state index in [4.69, 9.17) is 15.4 Å². The molecule has 3 aromatic heterocycles. The first-order chi connectivity index (χ1) is 20.2. The van der Waals surface area contributed by atoms with Crippen molar-refractivity contribution in [1.82, 2.24) is 34.7 Å². The second-order valence-corrected chi connectivity index (χ2v) is 12.5. The molecule has 12 heteroatoms. The van der Waals surface area contributed by atoms with Gasteiger partial charge in [0.15, 0.2) is 11.5 Å². The van der Waals surface area contributed by atoms with E-state index < -0.39 is 6.03 Å². The van der Waals surface area contributed by atoms with Gasteiger partial charge in [-0.25, -0.2) is 19.4 Å². The van der Waals surface area contributed by atoms with Crippen molar-refractivity contribution in [2.45, 2.75) is 64.0 Å². The van der Waals surface area contributed by atoms with Crippen LogP contribution in [0.3, 0.4) is 0 Å². The number of piperazine rings is 1. The van der Waals surface area contributed by atoms with E-state index in [9.17, 15) is 4.79 Å². The third kappa shape index (κ3) is 5.82. The maximum atomic E-state index is 12.6. The number of nitrogens with two attached hydrogens (primary N) is 1. The Morgan fingerprint density at radius 2 is 1.67 bits per heavy atom. The molecule has 1 aromatic carbocycles. The van der Waals surface area contributed by atoms with Gasteiger partial charge in [0.2, 0.25) is 0 Å². The number of carbonyl (C=O) groups excluding carboxylic acids is 1. The Labute approximate surface area is 245 Å². The molecule has 1 aliphatic heterocycles. The van der Waals surface area contributed by atoms with Gasteiger partial charge in [-0.05, 0) is 44.9 Å². The molecule has 4 heterocycles. The van der Waals surface area contributed by atoms with Crippen molar-refractivity contribution in [2.75, 3.05) is 49.6 Å². The van der Waals surface area contributed by atoms with E-state index in [0.29, 0.717) is 29.1 Å². The van der Waals surface area contributed by atoms with E-state index in [0.717, 1.165) is 74.2 Å². The van der Waals surface area contributed by atoms with Crippen LogP contribution in [-0.2, 0) is 5.41 Å². The number of anilines is 3. The standard InChI is InChI=1S/C30H40N10O2/c1-30(2,3)23-17-24(37-42-23)35-29(41)34-20-7-5-19(6-8-20)26-25-27(31)32-18-33-28(25)40(36-26)22-11-9-21(10-12-22)39-15-13-38(4)14-16-39/h5-8,17-18,21-22H,9-16H2,1-4H3,(H2,31,32,33)(H2,34,35,37,41)/t21-,22-. The number of amides is 2. The molecule has 0 radical (unpaired) electrons. The number of fused-ring (bicyclic) bond motifs is 1. The highest BCUT2D eigenvalue weighted by Gasteiger charge is 2.30. The minimum atomic E-state index is -0.406. The van der Waals surface area contributed by atoms with E-state index in [2.05, 4.69) is 47.3 Å². The largest absolute Gasteiger partial charge is 0.383 e. The number of aromatic nitrogens is 5. The van der Waals surface area contributed by atoms with Crippen molar-refractivity contribution < 1.29 is 9.32 Å². The first-order valence-electron chi connectivity index (χ1n) is 14.7. The third-order valence-electron chi connectivity index (χ3n) is 8.49. The van der Waals surface area contributed by atoms with Gasteiger partial charge in [0.1, 0.15) is 23.6 Å². The number of nitrogen functional groups attached to an aromatic ring is 1. The fourth-order valence-corrected chi connectivity index (χ4v) is 5.98. The molecular weight excluding hydrogens is 532 g/mol. The van der Waals surface area contributed by atoms with E-state index in [1.807, 2.05) is 45.0 Å². The summed E-state index contributed by atoms with van der Waals surface area (Å²) in [5.41, 5.74) is 9.20. The van der Waals surface area contributed by atoms with Gasteiger partial charge in [-0.2, -0.15) is 5.10 Å². The summed E-state index contributed by atoms with van der Waals surface area (Å²) in [6.45, 7) is 10.6. The van der Waals surface area contributed by atoms with Gasteiger partial charge < -0.3 is 20.5 Å². The minimum absolute atomic E-state index is 0.200. The van der Waals surface area contributed by atoms with Crippen LogP contribution in [0.5, 0.6) is 0 Å². The molecule has 222 valence electrons. The summed E-state index contributed by atoms with van der Waals surface area (Å²) in [7, 11) is 2.20. The average molecular weight is 573 g/mol. The van der Waals surface area contributed by atoms with Gasteiger partial charge in [0, 0.05) is 55.0 Å². The number of hydrogen-bond donors (Lipinski definition) is 3. The van der Waals surface area contributed by atoms with E-state index in [1.54, 1.807) is 6.07 Å². The Morgan fingerprint density at radius 3 is 2.33 bits per heavy atom. The zero-order chi connectivity index (χ0) is 29.4. The molecule has 4 N–H and O–H groups in total. The lowest BCUT2D eigenvalue weighted by atomic mass is 9.90. The molecule has 2 fully saturated rings. The Kier molecular flexibility index (Phi) is 7.58. The van der Waals surface area contributed by atoms with E-state index in [1.165, 1.54) is 6.33 Å². The summed E-state index contributed by atoms with van der Waals surface area (Å²) in [5, 5.41) is 15.3. The lowest BCUT2D eigenvalue weighted by Gasteiger charge is -2.41. The smallest absolute Gasteiger partial charge is 0.324 e. The van der Waals surface area contributed by atoms with Crippen molar-refractivity contribution in [2.24, 2.45) is 0 Å². The Balaban J connectivity index is 1.16. The fourth-order valence-electron chi connectivity index (χ4n) is 5.98. The van der Waals surface area contributed by atoms with Gasteiger partial charge >= 0.3 is 6.03 Å². The number of hydrogen-bond acceptors (Lipinski definition) is 9. The number of carbonyl (C=O) groups is 1. The Morgan fingerprint density at radius 1 is 0.976 bits per heavy atom. The van der Waals surface area contributed by atoms with Gasteiger partial charge in [-0.15, -0.1) is 0 Å². The zero-order valence-electron chi connectivity index (χ0n) is 24.8. The van der Waals surface area contributed by atoms with Gasteiger partial charge in [0.25, 0.3) is 0 Å². The molecule has 1 aliphatic carbocycles. The summed E-state index contributed by atoms with van der Waals surface area (Å²) in [6, 6.07) is 9.75. The molecule has 2 amide bonds.